The summed E-state index contributed by atoms with van der Waals surface area (Å²) in [6, 6.07) is 0. The zero-order chi connectivity index (χ0) is 18.8. The van der Waals surface area contributed by atoms with Crippen molar-refractivity contribution in [1.82, 2.24) is 0 Å². The van der Waals surface area contributed by atoms with Crippen molar-refractivity contribution in [2.45, 2.75) is 89.1 Å². The molecular formula is C20H32O5. The number of epoxide rings is 1. The predicted octanol–water partition coefficient (Wildman–Crippen LogP) is 3.20. The van der Waals surface area contributed by atoms with Gasteiger partial charge in [0.2, 0.25) is 0 Å². The molecule has 5 nitrogen and oxygen atoms in total. The van der Waals surface area contributed by atoms with Crippen LogP contribution in [0.3, 0.4) is 0 Å². The lowest BCUT2D eigenvalue weighted by molar-refractivity contribution is -0.133. The zero-order valence-corrected chi connectivity index (χ0v) is 15.6. The molecule has 0 aromatic rings. The first kappa shape index (κ1) is 20.1. The van der Waals surface area contributed by atoms with Gasteiger partial charge in [-0.3, -0.25) is 0 Å². The van der Waals surface area contributed by atoms with E-state index in [4.69, 9.17) is 4.74 Å². The Labute approximate surface area is 150 Å². The molecule has 1 saturated heterocycles. The fraction of sp³-hybridized carbons (Fsp3) is 0.750. The monoisotopic (exact) mass is 352 g/mol. The van der Waals surface area contributed by atoms with Crippen LogP contribution in [0.5, 0.6) is 0 Å². The Balaban J connectivity index is 2.17. The van der Waals surface area contributed by atoms with Gasteiger partial charge in [0.1, 0.15) is 0 Å². The van der Waals surface area contributed by atoms with Crippen molar-refractivity contribution < 1.29 is 24.9 Å². The van der Waals surface area contributed by atoms with Crippen LogP contribution in [-0.2, 0) is 9.53 Å². The molecule has 0 unspecified atom stereocenters. The highest BCUT2D eigenvalue weighted by atomic mass is 16.6. The molecule has 1 aliphatic carbocycles. The minimum absolute atomic E-state index is 0.0279. The zero-order valence-electron chi connectivity index (χ0n) is 15.6. The second kappa shape index (κ2) is 7.60. The molecule has 0 aromatic carbocycles. The fourth-order valence-electron chi connectivity index (χ4n) is 3.69. The van der Waals surface area contributed by atoms with E-state index in [0.717, 1.165) is 19.3 Å². The van der Waals surface area contributed by atoms with E-state index < -0.39 is 17.7 Å². The highest BCUT2D eigenvalue weighted by Crippen LogP contribution is 2.46. The first-order valence-corrected chi connectivity index (χ1v) is 9.21. The highest BCUT2D eigenvalue weighted by molar-refractivity contribution is 5.86. The van der Waals surface area contributed by atoms with E-state index in [9.17, 15) is 20.1 Å². The van der Waals surface area contributed by atoms with Crippen molar-refractivity contribution in [1.29, 1.82) is 0 Å². The standard InChI is InChI=1S/C20H32O5/c1-13-6-5-10-20(4)17(25-20)12-15(14(2)18(22)23)9-11-19(3,24)16(21)8-7-13/h6,15-17,21,24H,2,5,7-12H2,1,3-4H3,(H,22,23)/b13-6+/t15-,16+,17+,19-,20+/m1/s1. The molecule has 1 aliphatic heterocycles. The molecule has 2 aliphatic rings. The van der Waals surface area contributed by atoms with Gasteiger partial charge in [0.05, 0.1) is 23.4 Å². The van der Waals surface area contributed by atoms with Crippen molar-refractivity contribution in [3.05, 3.63) is 23.8 Å². The van der Waals surface area contributed by atoms with Gasteiger partial charge in [0.15, 0.2) is 0 Å². The van der Waals surface area contributed by atoms with Gasteiger partial charge in [0.25, 0.3) is 0 Å². The number of carbonyl (C=O) groups is 1. The maximum atomic E-state index is 11.4. The van der Waals surface area contributed by atoms with Gasteiger partial charge in [-0.1, -0.05) is 18.2 Å². The normalized spacial score (nSPS) is 42.4. The summed E-state index contributed by atoms with van der Waals surface area (Å²) in [4.78, 5) is 11.4. The van der Waals surface area contributed by atoms with Gasteiger partial charge in [-0.05, 0) is 71.6 Å². The first-order chi connectivity index (χ1) is 11.5. The van der Waals surface area contributed by atoms with Crippen LogP contribution in [0.2, 0.25) is 0 Å². The van der Waals surface area contributed by atoms with E-state index in [1.54, 1.807) is 6.92 Å². The number of carboxylic acids is 1. The number of fused-ring (bicyclic) bond motifs is 1. The molecule has 1 fully saturated rings. The smallest absolute Gasteiger partial charge is 0.331 e. The quantitative estimate of drug-likeness (QED) is 0.403. The summed E-state index contributed by atoms with van der Waals surface area (Å²) in [7, 11) is 0. The molecule has 2 rings (SSSR count). The van der Waals surface area contributed by atoms with Gasteiger partial charge < -0.3 is 20.1 Å². The number of rotatable bonds is 2. The van der Waals surface area contributed by atoms with Crippen molar-refractivity contribution in [2.75, 3.05) is 0 Å². The molecule has 1 heterocycles. The third-order valence-corrected chi connectivity index (χ3v) is 5.96. The average molecular weight is 352 g/mol. The average Bonchev–Trinajstić information content (AvgIpc) is 3.17. The molecule has 0 bridgehead atoms. The maximum absolute atomic E-state index is 11.4. The van der Waals surface area contributed by atoms with Crippen LogP contribution >= 0.6 is 0 Å². The minimum Gasteiger partial charge on any atom is -0.478 e. The molecule has 3 N–H and O–H groups in total. The number of hydrogen-bond donors (Lipinski definition) is 3. The molecule has 0 amide bonds. The molecule has 5 heteroatoms. The summed E-state index contributed by atoms with van der Waals surface area (Å²) in [5.74, 6) is -1.27. The fourth-order valence-corrected chi connectivity index (χ4v) is 3.69. The number of hydrogen-bond acceptors (Lipinski definition) is 4. The number of ether oxygens (including phenoxy) is 1. The molecule has 5 atom stereocenters. The third-order valence-electron chi connectivity index (χ3n) is 5.96. The van der Waals surface area contributed by atoms with Crippen molar-refractivity contribution in [3.8, 4) is 0 Å². The Hall–Kier alpha value is -1.17. The summed E-state index contributed by atoms with van der Waals surface area (Å²) >= 11 is 0. The second-order valence-corrected chi connectivity index (χ2v) is 8.22. The highest BCUT2D eigenvalue weighted by Gasteiger charge is 2.52. The van der Waals surface area contributed by atoms with E-state index >= 15 is 0 Å². The first-order valence-electron chi connectivity index (χ1n) is 9.21. The Bertz CT molecular complexity index is 550. The minimum atomic E-state index is -1.24. The largest absolute Gasteiger partial charge is 0.478 e. The van der Waals surface area contributed by atoms with E-state index in [-0.39, 0.29) is 23.2 Å². The van der Waals surface area contributed by atoms with Crippen LogP contribution < -0.4 is 0 Å². The third kappa shape index (κ3) is 5.16. The lowest BCUT2D eigenvalue weighted by atomic mass is 9.81. The molecule has 0 radical (unpaired) electrons. The van der Waals surface area contributed by atoms with Gasteiger partial charge in [-0.2, -0.15) is 0 Å². The van der Waals surface area contributed by atoms with Gasteiger partial charge in [-0.25, -0.2) is 4.79 Å². The predicted molar refractivity (Wildman–Crippen MR) is 96.3 cm³/mol. The van der Waals surface area contributed by atoms with Crippen LogP contribution in [0.4, 0.5) is 0 Å². The SMILES string of the molecule is C=C(C(=O)O)[C@@H]1CC[C@@](C)(O)[C@@H](O)CC/C(C)=C/CC[C@]2(C)O[C@H]2C1. The molecule has 142 valence electrons. The van der Waals surface area contributed by atoms with Crippen LogP contribution in [-0.4, -0.2) is 44.7 Å². The second-order valence-electron chi connectivity index (χ2n) is 8.22. The summed E-state index contributed by atoms with van der Waals surface area (Å²) < 4.78 is 5.87. The van der Waals surface area contributed by atoms with Crippen molar-refractivity contribution in [2.24, 2.45) is 5.92 Å². The summed E-state index contributed by atoms with van der Waals surface area (Å²) in [5, 5.41) is 30.3. The van der Waals surface area contributed by atoms with Crippen molar-refractivity contribution in [3.63, 3.8) is 0 Å². The molecule has 25 heavy (non-hydrogen) atoms. The molecule has 0 spiro atoms. The maximum Gasteiger partial charge on any atom is 0.331 e. The van der Waals surface area contributed by atoms with Crippen LogP contribution in [0.25, 0.3) is 0 Å². The summed E-state index contributed by atoms with van der Waals surface area (Å²) in [5.41, 5.74) is -0.0643. The van der Waals surface area contributed by atoms with E-state index in [1.165, 1.54) is 5.57 Å². The topological polar surface area (TPSA) is 90.3 Å². The van der Waals surface area contributed by atoms with Crippen LogP contribution in [0.15, 0.2) is 23.8 Å². The molecule has 0 saturated carbocycles. The Morgan fingerprint density at radius 1 is 1.32 bits per heavy atom. The van der Waals surface area contributed by atoms with Gasteiger partial charge in [0, 0.05) is 5.57 Å². The van der Waals surface area contributed by atoms with Gasteiger partial charge in [-0.15, -0.1) is 0 Å². The van der Waals surface area contributed by atoms with Crippen LogP contribution in [0, 0.1) is 5.92 Å². The number of allylic oxidation sites excluding steroid dienone is 2. The number of aliphatic hydroxyl groups excluding tert-OH is 1. The lowest BCUT2D eigenvalue weighted by Crippen LogP contribution is -2.40. The van der Waals surface area contributed by atoms with E-state index in [0.29, 0.717) is 25.7 Å². The van der Waals surface area contributed by atoms with Gasteiger partial charge >= 0.3 is 5.97 Å². The molecular weight excluding hydrogens is 320 g/mol. The summed E-state index contributed by atoms with van der Waals surface area (Å²) in [6.45, 7) is 9.48. The Kier molecular flexibility index (Phi) is 6.13. The summed E-state index contributed by atoms with van der Waals surface area (Å²) in [6.07, 6.45) is 5.80. The lowest BCUT2D eigenvalue weighted by Gasteiger charge is -2.31. The molecule has 0 aromatic heterocycles. The number of carboxylic acid groups (broad SMARTS) is 1. The van der Waals surface area contributed by atoms with Crippen LogP contribution in [0.1, 0.15) is 65.7 Å². The Morgan fingerprint density at radius 2 is 2.00 bits per heavy atom. The Morgan fingerprint density at radius 3 is 2.64 bits per heavy atom. The van der Waals surface area contributed by atoms with E-state index in [1.807, 2.05) is 6.92 Å². The van der Waals surface area contributed by atoms with E-state index in [2.05, 4.69) is 19.6 Å². The number of aliphatic hydroxyl groups is 2. The number of aliphatic carboxylic acids is 1. The van der Waals surface area contributed by atoms with Crippen molar-refractivity contribution >= 4 is 5.97 Å².